The number of ether oxygens (including phenoxy) is 5. The van der Waals surface area contributed by atoms with Crippen molar-refractivity contribution in [2.24, 2.45) is 0 Å². The Morgan fingerprint density at radius 2 is 1.02 bits per heavy atom. The Hall–Kier alpha value is -2.86. The summed E-state index contributed by atoms with van der Waals surface area (Å²) < 4.78 is 27.4. The van der Waals surface area contributed by atoms with Crippen LogP contribution in [0.5, 0.6) is 0 Å². The molecule has 10 nitrogen and oxygen atoms in total. The van der Waals surface area contributed by atoms with Gasteiger partial charge in [-0.1, -0.05) is 125 Å². The van der Waals surface area contributed by atoms with Crippen LogP contribution < -0.4 is 0 Å². The van der Waals surface area contributed by atoms with Gasteiger partial charge < -0.3 is 39.0 Å². The second-order valence-electron chi connectivity index (χ2n) is 14.3. The predicted octanol–water partition coefficient (Wildman–Crippen LogP) is 8.80. The summed E-state index contributed by atoms with van der Waals surface area (Å²) in [6.07, 6.45) is 36.8. The highest BCUT2D eigenvalue weighted by Gasteiger charge is 2.56. The first-order valence-corrected chi connectivity index (χ1v) is 21.1. The Bertz CT molecular complexity index is 1170. The van der Waals surface area contributed by atoms with Gasteiger partial charge >= 0.3 is 11.9 Å². The molecular weight excluding hydrogens is 700 g/mol. The van der Waals surface area contributed by atoms with Crippen LogP contribution in [0.1, 0.15) is 142 Å². The molecule has 0 aromatic heterocycles. The predicted molar refractivity (Wildman–Crippen MR) is 217 cm³/mol. The van der Waals surface area contributed by atoms with Gasteiger partial charge in [-0.15, -0.1) is 0 Å². The smallest absolute Gasteiger partial charge is 0.306 e. The van der Waals surface area contributed by atoms with Crippen molar-refractivity contribution in [3.8, 4) is 0 Å². The van der Waals surface area contributed by atoms with E-state index >= 15 is 0 Å². The molecule has 3 N–H and O–H groups in total. The largest absolute Gasteiger partial charge is 0.462 e. The number of fused-ring (bicyclic) bond motifs is 1. The highest BCUT2D eigenvalue weighted by molar-refractivity contribution is 5.70. The fourth-order valence-corrected chi connectivity index (χ4v) is 6.13. The number of allylic oxidation sites excluding steroid dienone is 12. The second kappa shape index (κ2) is 32.2. The molecule has 10 heteroatoms. The van der Waals surface area contributed by atoms with Crippen molar-refractivity contribution >= 4 is 11.9 Å². The summed E-state index contributed by atoms with van der Waals surface area (Å²) in [4.78, 5) is 25.3. The molecule has 2 aliphatic heterocycles. The molecule has 6 unspecified atom stereocenters. The van der Waals surface area contributed by atoms with Crippen LogP contribution in [-0.4, -0.2) is 83.6 Å². The molecule has 312 valence electrons. The molecular formula is C45H72O10. The topological polar surface area (TPSA) is 141 Å². The maximum atomic E-state index is 12.8. The standard InChI is InChI=1S/C45H72O10/c1-3-5-7-9-11-13-15-17-19-21-23-25-27-29-31-33-38(46)51-35-37(36-52-45-41(49)40(48)42-43(55-45)44(50)54-42)53-39(47)34-32-30-28-26-24-22-20-18-16-14-12-10-8-6-4-2/h5-8,11-14,17-20,37,40-45,48-50H,3-4,9-10,15-16,21-36H2,1-2H3/b7-5-,8-6-,13-11-,14-12-,19-17-,20-18-/t37-,40?,41?,42?,43?,44?,45?/m1/s1. The molecule has 0 bridgehead atoms. The molecule has 55 heavy (non-hydrogen) atoms. The number of carbonyl (C=O) groups is 2. The summed E-state index contributed by atoms with van der Waals surface area (Å²) in [5.74, 6) is -0.805. The summed E-state index contributed by atoms with van der Waals surface area (Å²) in [6, 6.07) is 0. The van der Waals surface area contributed by atoms with Crippen LogP contribution in [0.15, 0.2) is 72.9 Å². The van der Waals surface area contributed by atoms with Crippen LogP contribution in [0.4, 0.5) is 0 Å². The molecule has 0 amide bonds. The minimum Gasteiger partial charge on any atom is -0.462 e. The third-order valence-corrected chi connectivity index (χ3v) is 9.40. The fraction of sp³-hybridized carbons (Fsp3) is 0.689. The first-order valence-electron chi connectivity index (χ1n) is 21.1. The maximum absolute atomic E-state index is 12.8. The lowest BCUT2D eigenvalue weighted by molar-refractivity contribution is -0.411. The average Bonchev–Trinajstić information content (AvgIpc) is 3.17. The third kappa shape index (κ3) is 23.1. The lowest BCUT2D eigenvalue weighted by Crippen LogP contribution is -2.69. The van der Waals surface area contributed by atoms with E-state index in [1.165, 1.54) is 0 Å². The summed E-state index contributed by atoms with van der Waals surface area (Å²) in [6.45, 7) is 3.83. The molecule has 0 aliphatic carbocycles. The van der Waals surface area contributed by atoms with Gasteiger partial charge in [0, 0.05) is 12.8 Å². The molecule has 0 radical (unpaired) electrons. The number of aliphatic hydroxyl groups excluding tert-OH is 3. The van der Waals surface area contributed by atoms with Crippen molar-refractivity contribution in [1.29, 1.82) is 0 Å². The van der Waals surface area contributed by atoms with E-state index in [9.17, 15) is 24.9 Å². The summed E-state index contributed by atoms with van der Waals surface area (Å²) >= 11 is 0. The normalized spacial score (nSPS) is 23.4. The van der Waals surface area contributed by atoms with E-state index in [0.717, 1.165) is 103 Å². The quantitative estimate of drug-likeness (QED) is 0.0345. The van der Waals surface area contributed by atoms with E-state index in [1.807, 2.05) is 0 Å². The van der Waals surface area contributed by atoms with E-state index < -0.39 is 49.1 Å². The lowest BCUT2D eigenvalue weighted by atomic mass is 9.94. The molecule has 0 spiro atoms. The molecule has 0 aromatic rings. The minimum atomic E-state index is -1.44. The zero-order valence-electron chi connectivity index (χ0n) is 33.7. The maximum Gasteiger partial charge on any atom is 0.306 e. The van der Waals surface area contributed by atoms with Crippen LogP contribution in [-0.2, 0) is 33.3 Å². The zero-order chi connectivity index (χ0) is 39.8. The molecule has 2 rings (SSSR count). The first-order chi connectivity index (χ1) is 26.9. The summed E-state index contributed by atoms with van der Waals surface area (Å²) in [7, 11) is 0. The molecule has 2 fully saturated rings. The van der Waals surface area contributed by atoms with Crippen LogP contribution >= 0.6 is 0 Å². The first kappa shape index (κ1) is 48.3. The molecule has 0 aromatic carbocycles. The number of hydrogen-bond donors (Lipinski definition) is 3. The molecule has 2 heterocycles. The number of hydrogen-bond acceptors (Lipinski definition) is 10. The summed E-state index contributed by atoms with van der Waals surface area (Å²) in [5, 5.41) is 30.6. The van der Waals surface area contributed by atoms with Crippen LogP contribution in [0, 0.1) is 0 Å². The van der Waals surface area contributed by atoms with Gasteiger partial charge in [0.1, 0.15) is 31.0 Å². The van der Waals surface area contributed by atoms with Gasteiger partial charge in [-0.25, -0.2) is 0 Å². The number of rotatable bonds is 32. The van der Waals surface area contributed by atoms with Crippen molar-refractivity contribution in [2.45, 2.75) is 185 Å². The van der Waals surface area contributed by atoms with Gasteiger partial charge in [-0.3, -0.25) is 9.59 Å². The highest BCUT2D eigenvalue weighted by atomic mass is 16.8. The lowest BCUT2D eigenvalue weighted by Gasteiger charge is -2.50. The molecule has 7 atom stereocenters. The van der Waals surface area contributed by atoms with Crippen molar-refractivity contribution in [1.82, 2.24) is 0 Å². The Kier molecular flexibility index (Phi) is 28.3. The van der Waals surface area contributed by atoms with Crippen molar-refractivity contribution in [3.63, 3.8) is 0 Å². The molecule has 0 saturated carbocycles. The van der Waals surface area contributed by atoms with Crippen molar-refractivity contribution < 1.29 is 48.6 Å². The average molecular weight is 773 g/mol. The fourth-order valence-electron chi connectivity index (χ4n) is 6.13. The van der Waals surface area contributed by atoms with Crippen LogP contribution in [0.25, 0.3) is 0 Å². The summed E-state index contributed by atoms with van der Waals surface area (Å²) in [5.41, 5.74) is 0. The van der Waals surface area contributed by atoms with E-state index in [1.54, 1.807) is 0 Å². The van der Waals surface area contributed by atoms with Gasteiger partial charge in [0.15, 0.2) is 18.7 Å². The number of unbranched alkanes of at least 4 members (excludes halogenated alkanes) is 10. The molecule has 2 aliphatic rings. The second-order valence-corrected chi connectivity index (χ2v) is 14.3. The Morgan fingerprint density at radius 3 is 1.55 bits per heavy atom. The zero-order valence-corrected chi connectivity index (χ0v) is 33.7. The Balaban J connectivity index is 1.65. The van der Waals surface area contributed by atoms with Gasteiger partial charge in [0.2, 0.25) is 0 Å². The number of esters is 2. The Labute approximate surface area is 331 Å². The van der Waals surface area contributed by atoms with Gasteiger partial charge in [0.05, 0.1) is 6.61 Å². The molecule has 2 saturated heterocycles. The van der Waals surface area contributed by atoms with Crippen molar-refractivity contribution in [2.75, 3.05) is 13.2 Å². The van der Waals surface area contributed by atoms with Crippen molar-refractivity contribution in [3.05, 3.63) is 72.9 Å². The van der Waals surface area contributed by atoms with Crippen LogP contribution in [0.2, 0.25) is 0 Å². The Morgan fingerprint density at radius 1 is 0.545 bits per heavy atom. The highest BCUT2D eigenvalue weighted by Crippen LogP contribution is 2.34. The monoisotopic (exact) mass is 773 g/mol. The number of aliphatic hydroxyl groups is 3. The van der Waals surface area contributed by atoms with E-state index in [4.69, 9.17) is 23.7 Å². The SMILES string of the molecule is CC/C=C\C/C=C\C/C=C\CCCCCCCC(=O)OC[C@H](COC1OC2C(O)OC2C(O)C1O)OC(=O)CCCCCCC/C=C\C/C=C\C/C=C\CC. The van der Waals surface area contributed by atoms with E-state index in [-0.39, 0.29) is 32.0 Å². The van der Waals surface area contributed by atoms with Crippen LogP contribution in [0.3, 0.4) is 0 Å². The third-order valence-electron chi connectivity index (χ3n) is 9.40. The minimum absolute atomic E-state index is 0.204. The van der Waals surface area contributed by atoms with Gasteiger partial charge in [-0.2, -0.15) is 0 Å². The van der Waals surface area contributed by atoms with Gasteiger partial charge in [-0.05, 0) is 77.0 Å². The van der Waals surface area contributed by atoms with Gasteiger partial charge in [0.25, 0.3) is 0 Å². The number of carbonyl (C=O) groups excluding carboxylic acids is 2. The van der Waals surface area contributed by atoms with E-state index in [0.29, 0.717) is 12.8 Å². The van der Waals surface area contributed by atoms with E-state index in [2.05, 4.69) is 86.8 Å².